The number of aryl methyl sites for hydroxylation is 1. The minimum atomic E-state index is -1.61. The van der Waals surface area contributed by atoms with Crippen LogP contribution in [-0.2, 0) is 6.42 Å². The summed E-state index contributed by atoms with van der Waals surface area (Å²) in [5.41, 5.74) is 3.59. The summed E-state index contributed by atoms with van der Waals surface area (Å²) in [7, 11) is -1.61. The molecule has 0 saturated carbocycles. The highest BCUT2D eigenvalue weighted by Gasteiger charge is 2.11. The van der Waals surface area contributed by atoms with Crippen LogP contribution in [-0.4, -0.2) is 8.07 Å². The topological polar surface area (TPSA) is 0 Å². The van der Waals surface area contributed by atoms with Crippen LogP contribution in [0.5, 0.6) is 0 Å². The van der Waals surface area contributed by atoms with Crippen molar-refractivity contribution in [3.05, 3.63) is 34.9 Å². The van der Waals surface area contributed by atoms with Crippen molar-refractivity contribution in [2.24, 2.45) is 0 Å². The molecule has 17 heavy (non-hydrogen) atoms. The van der Waals surface area contributed by atoms with Crippen LogP contribution in [0.15, 0.2) is 12.1 Å². The van der Waals surface area contributed by atoms with Gasteiger partial charge in [-0.1, -0.05) is 38.9 Å². The number of rotatable bonds is 2. The molecule has 0 aliphatic heterocycles. The second-order valence-electron chi connectivity index (χ2n) is 5.18. The molecule has 0 nitrogen and oxygen atoms in total. The second-order valence-corrected chi connectivity index (χ2v) is 9.93. The maximum atomic E-state index is 13.7. The lowest BCUT2D eigenvalue weighted by molar-refractivity contribution is 0.573. The Morgan fingerprint density at radius 1 is 1.12 bits per heavy atom. The Kier molecular flexibility index (Phi) is 4.47. The van der Waals surface area contributed by atoms with Crippen molar-refractivity contribution in [2.45, 2.75) is 39.4 Å². The standard InChI is InChI=1S/C14H18F2Si/c1-5-6-11-9-13(15)12(14(16)10-11)7-8-17(2,3)4/h9-10H,5-6H2,1-4H3. The van der Waals surface area contributed by atoms with E-state index < -0.39 is 19.7 Å². The van der Waals surface area contributed by atoms with Gasteiger partial charge in [-0.2, -0.15) is 0 Å². The summed E-state index contributed by atoms with van der Waals surface area (Å²) in [5.74, 6) is 1.57. The lowest BCUT2D eigenvalue weighted by Gasteiger charge is -2.05. The summed E-state index contributed by atoms with van der Waals surface area (Å²) < 4.78 is 27.4. The van der Waals surface area contributed by atoms with Gasteiger partial charge in [-0.25, -0.2) is 8.78 Å². The first-order valence-corrected chi connectivity index (χ1v) is 9.34. The summed E-state index contributed by atoms with van der Waals surface area (Å²) in [6.45, 7) is 8.11. The van der Waals surface area contributed by atoms with Crippen molar-refractivity contribution in [3.63, 3.8) is 0 Å². The molecule has 0 heterocycles. The predicted octanol–water partition coefficient (Wildman–Crippen LogP) is 4.15. The second kappa shape index (κ2) is 5.46. The molecular formula is C14H18F2Si. The van der Waals surface area contributed by atoms with E-state index >= 15 is 0 Å². The fourth-order valence-electron chi connectivity index (χ4n) is 1.43. The molecule has 1 aromatic rings. The van der Waals surface area contributed by atoms with Crippen LogP contribution in [0.2, 0.25) is 19.6 Å². The van der Waals surface area contributed by atoms with Gasteiger partial charge in [-0.15, -0.1) is 5.54 Å². The third-order valence-corrected chi connectivity index (χ3v) is 3.08. The lowest BCUT2D eigenvalue weighted by Crippen LogP contribution is -2.16. The Morgan fingerprint density at radius 3 is 2.06 bits per heavy atom. The van der Waals surface area contributed by atoms with E-state index in [-0.39, 0.29) is 5.56 Å². The van der Waals surface area contributed by atoms with Gasteiger partial charge in [-0.05, 0) is 24.1 Å². The van der Waals surface area contributed by atoms with Gasteiger partial charge in [0, 0.05) is 0 Å². The zero-order chi connectivity index (χ0) is 13.1. The first-order chi connectivity index (χ1) is 7.83. The summed E-state index contributed by atoms with van der Waals surface area (Å²) in [6, 6.07) is 2.78. The van der Waals surface area contributed by atoms with Crippen molar-refractivity contribution in [3.8, 4) is 11.5 Å². The van der Waals surface area contributed by atoms with Crippen LogP contribution in [0.1, 0.15) is 24.5 Å². The minimum Gasteiger partial charge on any atom is -0.206 e. The molecule has 0 fully saturated rings. The van der Waals surface area contributed by atoms with Crippen LogP contribution in [0.3, 0.4) is 0 Å². The van der Waals surface area contributed by atoms with E-state index in [1.165, 1.54) is 12.1 Å². The molecule has 0 bridgehead atoms. The first kappa shape index (κ1) is 13.9. The van der Waals surface area contributed by atoms with Gasteiger partial charge in [0.1, 0.15) is 19.7 Å². The molecule has 0 aliphatic rings. The van der Waals surface area contributed by atoms with Crippen LogP contribution < -0.4 is 0 Å². The van der Waals surface area contributed by atoms with Crippen molar-refractivity contribution in [2.75, 3.05) is 0 Å². The van der Waals surface area contributed by atoms with E-state index in [0.717, 1.165) is 6.42 Å². The van der Waals surface area contributed by atoms with E-state index in [1.54, 1.807) is 0 Å². The highest BCUT2D eigenvalue weighted by Crippen LogP contribution is 2.16. The molecule has 0 aliphatic carbocycles. The van der Waals surface area contributed by atoms with Gasteiger partial charge in [0.05, 0.1) is 5.56 Å². The van der Waals surface area contributed by atoms with Crippen molar-refractivity contribution >= 4 is 8.07 Å². The van der Waals surface area contributed by atoms with Crippen LogP contribution >= 0.6 is 0 Å². The van der Waals surface area contributed by atoms with E-state index in [0.29, 0.717) is 12.0 Å². The molecule has 3 heteroatoms. The molecule has 0 N–H and O–H groups in total. The number of benzene rings is 1. The molecule has 0 spiro atoms. The highest BCUT2D eigenvalue weighted by atomic mass is 28.3. The third-order valence-electron chi connectivity index (χ3n) is 2.20. The molecule has 1 aromatic carbocycles. The highest BCUT2D eigenvalue weighted by molar-refractivity contribution is 6.83. The first-order valence-electron chi connectivity index (χ1n) is 5.84. The van der Waals surface area contributed by atoms with Crippen molar-refractivity contribution in [1.82, 2.24) is 0 Å². The van der Waals surface area contributed by atoms with Crippen LogP contribution in [0.25, 0.3) is 0 Å². The third kappa shape index (κ3) is 4.31. The molecule has 0 aromatic heterocycles. The normalized spacial score (nSPS) is 10.9. The van der Waals surface area contributed by atoms with Crippen molar-refractivity contribution < 1.29 is 8.78 Å². The fraction of sp³-hybridized carbons (Fsp3) is 0.429. The summed E-state index contributed by atoms with van der Waals surface area (Å²) in [6.07, 6.45) is 1.56. The van der Waals surface area contributed by atoms with E-state index in [4.69, 9.17) is 0 Å². The molecule has 0 amide bonds. The molecule has 0 unspecified atom stereocenters. The lowest BCUT2D eigenvalue weighted by atomic mass is 10.1. The van der Waals surface area contributed by atoms with Gasteiger partial charge in [-0.3, -0.25) is 0 Å². The monoisotopic (exact) mass is 252 g/mol. The Balaban J connectivity index is 3.13. The maximum Gasteiger partial charge on any atom is 0.142 e. The van der Waals surface area contributed by atoms with E-state index in [1.807, 2.05) is 26.6 Å². The Morgan fingerprint density at radius 2 is 1.65 bits per heavy atom. The molecular weight excluding hydrogens is 234 g/mol. The molecule has 0 atom stereocenters. The zero-order valence-corrected chi connectivity index (χ0v) is 11.8. The summed E-state index contributed by atoms with van der Waals surface area (Å²) in [4.78, 5) is 0. The van der Waals surface area contributed by atoms with E-state index in [9.17, 15) is 8.78 Å². The maximum absolute atomic E-state index is 13.7. The van der Waals surface area contributed by atoms with Crippen molar-refractivity contribution in [1.29, 1.82) is 0 Å². The largest absolute Gasteiger partial charge is 0.206 e. The summed E-state index contributed by atoms with van der Waals surface area (Å²) >= 11 is 0. The number of hydrogen-bond donors (Lipinski definition) is 0. The van der Waals surface area contributed by atoms with Crippen LogP contribution in [0.4, 0.5) is 8.78 Å². The number of hydrogen-bond acceptors (Lipinski definition) is 0. The number of halogens is 2. The predicted molar refractivity (Wildman–Crippen MR) is 70.6 cm³/mol. The average Bonchev–Trinajstić information content (AvgIpc) is 2.14. The van der Waals surface area contributed by atoms with Gasteiger partial charge in [0.2, 0.25) is 0 Å². The van der Waals surface area contributed by atoms with Crippen LogP contribution in [0, 0.1) is 23.1 Å². The molecule has 0 saturated heterocycles. The molecule has 92 valence electrons. The van der Waals surface area contributed by atoms with Gasteiger partial charge < -0.3 is 0 Å². The Labute approximate surface area is 103 Å². The SMILES string of the molecule is CCCc1cc(F)c(C#C[Si](C)(C)C)c(F)c1. The van der Waals surface area contributed by atoms with Gasteiger partial charge in [0.15, 0.2) is 0 Å². The van der Waals surface area contributed by atoms with Gasteiger partial charge in [0.25, 0.3) is 0 Å². The molecule has 1 rings (SSSR count). The quantitative estimate of drug-likeness (QED) is 0.548. The van der Waals surface area contributed by atoms with E-state index in [2.05, 4.69) is 11.5 Å². The molecule has 0 radical (unpaired) electrons. The smallest absolute Gasteiger partial charge is 0.142 e. The minimum absolute atomic E-state index is 0.0905. The zero-order valence-electron chi connectivity index (χ0n) is 10.8. The Hall–Kier alpha value is -1.14. The Bertz CT molecular complexity index is 438. The average molecular weight is 252 g/mol. The summed E-state index contributed by atoms with van der Waals surface area (Å²) in [5, 5.41) is 0. The van der Waals surface area contributed by atoms with Gasteiger partial charge >= 0.3 is 0 Å². The fourth-order valence-corrected chi connectivity index (χ4v) is 1.93.